The van der Waals surface area contributed by atoms with Crippen LogP contribution in [0.1, 0.15) is 40.6 Å². The zero-order valence-electron chi connectivity index (χ0n) is 20.6. The van der Waals surface area contributed by atoms with Crippen LogP contribution in [-0.4, -0.2) is 38.2 Å². The van der Waals surface area contributed by atoms with Gasteiger partial charge in [0.25, 0.3) is 5.91 Å². The normalized spacial score (nSPS) is 14.1. The summed E-state index contributed by atoms with van der Waals surface area (Å²) in [6, 6.07) is 9.49. The van der Waals surface area contributed by atoms with E-state index in [-0.39, 0.29) is 22.0 Å². The molecular formula is C26H25FN6O3S. The van der Waals surface area contributed by atoms with Gasteiger partial charge in [0.1, 0.15) is 11.5 Å². The summed E-state index contributed by atoms with van der Waals surface area (Å²) >= 11 is 0. The molecule has 1 aliphatic carbocycles. The Hall–Kier alpha value is -3.99. The molecule has 1 amide bonds. The molecule has 9 nitrogen and oxygen atoms in total. The number of hydrogen-bond acceptors (Lipinski definition) is 5. The molecule has 37 heavy (non-hydrogen) atoms. The molecule has 3 heterocycles. The van der Waals surface area contributed by atoms with E-state index in [1.165, 1.54) is 22.8 Å². The first kappa shape index (κ1) is 23.4. The Balaban J connectivity index is 1.31. The van der Waals surface area contributed by atoms with Gasteiger partial charge in [0, 0.05) is 43.3 Å². The predicted octanol–water partition coefficient (Wildman–Crippen LogP) is 3.81. The highest BCUT2D eigenvalue weighted by molar-refractivity contribution is 7.91. The summed E-state index contributed by atoms with van der Waals surface area (Å²) in [4.78, 5) is 17.7. The molecule has 1 fully saturated rings. The third kappa shape index (κ3) is 3.72. The van der Waals surface area contributed by atoms with E-state index in [0.29, 0.717) is 33.7 Å². The van der Waals surface area contributed by atoms with E-state index in [9.17, 15) is 17.6 Å². The molecule has 1 N–H and O–H groups in total. The molecule has 0 saturated heterocycles. The molecule has 0 unspecified atom stereocenters. The van der Waals surface area contributed by atoms with Crippen LogP contribution in [0.5, 0.6) is 0 Å². The molecule has 1 saturated carbocycles. The van der Waals surface area contributed by atoms with Gasteiger partial charge in [-0.1, -0.05) is 0 Å². The lowest BCUT2D eigenvalue weighted by molar-refractivity contribution is 0.0942. The smallest absolute Gasteiger partial charge is 0.268 e. The van der Waals surface area contributed by atoms with Gasteiger partial charge in [-0.2, -0.15) is 5.10 Å². The number of carbonyl (C=O) groups excluding carboxylic acids is 1. The maximum Gasteiger partial charge on any atom is 0.268 e. The van der Waals surface area contributed by atoms with Crippen LogP contribution in [0.2, 0.25) is 0 Å². The average Bonchev–Trinajstić information content (AvgIpc) is 3.41. The number of fused-ring (bicyclic) bond motifs is 2. The van der Waals surface area contributed by atoms with Crippen LogP contribution in [-0.2, 0) is 30.5 Å². The van der Waals surface area contributed by atoms with Crippen molar-refractivity contribution >= 4 is 37.7 Å². The van der Waals surface area contributed by atoms with Crippen LogP contribution in [0.25, 0.3) is 21.9 Å². The van der Waals surface area contributed by atoms with Gasteiger partial charge < -0.3 is 14.5 Å². The maximum absolute atomic E-state index is 14.8. The zero-order valence-corrected chi connectivity index (χ0v) is 21.4. The number of hydrogen-bond donors (Lipinski definition) is 1. The van der Waals surface area contributed by atoms with Crippen molar-refractivity contribution < 1.29 is 17.6 Å². The average molecular weight is 521 g/mol. The Morgan fingerprint density at radius 1 is 1.16 bits per heavy atom. The van der Waals surface area contributed by atoms with Crippen molar-refractivity contribution in [2.75, 3.05) is 0 Å². The number of imidazole rings is 1. The number of nitrogens with zero attached hydrogens (tertiary/aromatic N) is 5. The van der Waals surface area contributed by atoms with Crippen LogP contribution < -0.4 is 5.32 Å². The number of amides is 1. The van der Waals surface area contributed by atoms with E-state index in [1.54, 1.807) is 56.4 Å². The molecule has 0 atom stereocenters. The topological polar surface area (TPSA) is 104 Å². The molecule has 5 aromatic rings. The van der Waals surface area contributed by atoms with Gasteiger partial charge >= 0.3 is 0 Å². The molecule has 0 aliphatic heterocycles. The molecular weight excluding hydrogens is 495 g/mol. The predicted molar refractivity (Wildman–Crippen MR) is 135 cm³/mol. The Labute approximate surface area is 212 Å². The minimum atomic E-state index is -3.90. The van der Waals surface area contributed by atoms with E-state index in [1.807, 2.05) is 4.57 Å². The van der Waals surface area contributed by atoms with Crippen molar-refractivity contribution in [3.8, 4) is 0 Å². The standard InChI is InChI=1S/C26H25FN6O3S/c1-15-24(37(35,36)18-6-9-22-16(10-18)12-30-32(22)3)11-23(31(15)2)26(34)28-13-19-20(27)7-8-21-25(19)33(14-29-21)17-4-5-17/h6-12,14,17H,4-5,13H2,1-3H3,(H,28,34). The van der Waals surface area contributed by atoms with Gasteiger partial charge in [-0.3, -0.25) is 9.48 Å². The van der Waals surface area contributed by atoms with Gasteiger partial charge in [0.2, 0.25) is 9.84 Å². The zero-order chi connectivity index (χ0) is 26.1. The number of rotatable bonds is 6. The molecule has 0 radical (unpaired) electrons. The summed E-state index contributed by atoms with van der Waals surface area (Å²) in [6.07, 6.45) is 5.36. The lowest BCUT2D eigenvalue weighted by Crippen LogP contribution is -2.25. The minimum Gasteiger partial charge on any atom is -0.346 e. The van der Waals surface area contributed by atoms with Gasteiger partial charge in [-0.15, -0.1) is 0 Å². The number of halogens is 1. The lowest BCUT2D eigenvalue weighted by Gasteiger charge is -2.11. The van der Waals surface area contributed by atoms with Crippen molar-refractivity contribution in [2.45, 2.75) is 42.1 Å². The summed E-state index contributed by atoms with van der Waals surface area (Å²) in [5.74, 6) is -0.920. The fourth-order valence-electron chi connectivity index (χ4n) is 4.83. The maximum atomic E-state index is 14.8. The second-order valence-corrected chi connectivity index (χ2v) is 11.4. The van der Waals surface area contributed by atoms with Gasteiger partial charge in [-0.25, -0.2) is 17.8 Å². The Morgan fingerprint density at radius 2 is 1.95 bits per heavy atom. The largest absolute Gasteiger partial charge is 0.346 e. The highest BCUT2D eigenvalue weighted by atomic mass is 32.2. The molecule has 190 valence electrons. The fraction of sp³-hybridized carbons (Fsp3) is 0.269. The van der Waals surface area contributed by atoms with Crippen molar-refractivity contribution in [2.24, 2.45) is 14.1 Å². The fourth-order valence-corrected chi connectivity index (χ4v) is 6.40. The van der Waals surface area contributed by atoms with Crippen LogP contribution in [0.4, 0.5) is 4.39 Å². The summed E-state index contributed by atoms with van der Waals surface area (Å²) in [7, 11) is -0.477. The van der Waals surface area contributed by atoms with Crippen molar-refractivity contribution in [1.82, 2.24) is 29.2 Å². The highest BCUT2D eigenvalue weighted by Crippen LogP contribution is 2.38. The first-order chi connectivity index (χ1) is 17.7. The second-order valence-electron chi connectivity index (χ2n) is 9.49. The summed E-state index contributed by atoms with van der Waals surface area (Å²) < 4.78 is 47.0. The van der Waals surface area contributed by atoms with E-state index in [0.717, 1.165) is 18.4 Å². The number of sulfone groups is 1. The van der Waals surface area contributed by atoms with Gasteiger partial charge in [-0.05, 0) is 56.2 Å². The van der Waals surface area contributed by atoms with E-state index in [4.69, 9.17) is 0 Å². The monoisotopic (exact) mass is 520 g/mol. The van der Waals surface area contributed by atoms with Crippen LogP contribution >= 0.6 is 0 Å². The van der Waals surface area contributed by atoms with Gasteiger partial charge in [0.15, 0.2) is 0 Å². The number of carbonyl (C=O) groups is 1. The molecule has 3 aromatic heterocycles. The van der Waals surface area contributed by atoms with Crippen molar-refractivity contribution in [3.63, 3.8) is 0 Å². The second kappa shape index (κ2) is 8.27. The van der Waals surface area contributed by atoms with Crippen LogP contribution in [0, 0.1) is 12.7 Å². The van der Waals surface area contributed by atoms with Crippen molar-refractivity contribution in [3.05, 3.63) is 71.7 Å². The van der Waals surface area contributed by atoms with E-state index < -0.39 is 21.6 Å². The number of benzene rings is 2. The molecule has 0 bridgehead atoms. The third-order valence-electron chi connectivity index (χ3n) is 7.19. The first-order valence-electron chi connectivity index (χ1n) is 11.9. The summed E-state index contributed by atoms with van der Waals surface area (Å²) in [5, 5.41) is 7.65. The molecule has 11 heteroatoms. The third-order valence-corrected chi connectivity index (χ3v) is 9.06. The van der Waals surface area contributed by atoms with E-state index >= 15 is 0 Å². The molecule has 6 rings (SSSR count). The number of nitrogens with one attached hydrogen (secondary N) is 1. The molecule has 2 aromatic carbocycles. The van der Waals surface area contributed by atoms with Crippen molar-refractivity contribution in [1.29, 1.82) is 0 Å². The quantitative estimate of drug-likeness (QED) is 0.367. The number of aryl methyl sites for hydroxylation is 1. The Bertz CT molecular complexity index is 1830. The Kier molecular flexibility index (Phi) is 5.23. The first-order valence-corrected chi connectivity index (χ1v) is 13.4. The Morgan fingerprint density at radius 3 is 2.70 bits per heavy atom. The summed E-state index contributed by atoms with van der Waals surface area (Å²) in [5.41, 5.74) is 3.12. The van der Waals surface area contributed by atoms with Crippen LogP contribution in [0.3, 0.4) is 0 Å². The SMILES string of the molecule is Cc1c(S(=O)(=O)c2ccc3c(cnn3C)c2)cc(C(=O)NCc2c(F)ccc3ncn(C4CC4)c23)n1C. The van der Waals surface area contributed by atoms with E-state index in [2.05, 4.69) is 15.4 Å². The number of aromatic nitrogens is 5. The molecule has 0 spiro atoms. The van der Waals surface area contributed by atoms with Crippen LogP contribution in [0.15, 0.2) is 58.7 Å². The summed E-state index contributed by atoms with van der Waals surface area (Å²) in [6.45, 7) is 1.60. The molecule has 1 aliphatic rings. The minimum absolute atomic E-state index is 0.0449. The highest BCUT2D eigenvalue weighted by Gasteiger charge is 2.28. The lowest BCUT2D eigenvalue weighted by atomic mass is 10.1. The van der Waals surface area contributed by atoms with Gasteiger partial charge in [0.05, 0.1) is 38.9 Å².